The molecule has 1 saturated carbocycles. The number of carbonyl (C=O) groups is 1. The van der Waals surface area contributed by atoms with Crippen molar-refractivity contribution in [1.29, 1.82) is 5.26 Å². The van der Waals surface area contributed by atoms with E-state index in [1.807, 2.05) is 6.92 Å². The summed E-state index contributed by atoms with van der Waals surface area (Å²) in [6, 6.07) is 7.42. The monoisotopic (exact) mass is 370 g/mol. The molecule has 27 heavy (non-hydrogen) atoms. The van der Waals surface area contributed by atoms with Crippen molar-refractivity contribution in [1.82, 2.24) is 5.32 Å². The molecule has 0 unspecified atom stereocenters. The SMILES string of the molecule is CC/C=C(\N=N/C)C(=O)N[C@H]1CC[C@H](Oc2ccc(C#N)c(OC)c2)CC1. The van der Waals surface area contributed by atoms with Gasteiger partial charge in [0.05, 0.1) is 18.8 Å². The standard InChI is InChI=1S/C20H26N4O3/c1-4-5-18(24-22-2)20(25)23-15-7-10-16(11-8-15)27-17-9-6-14(13-21)19(12-17)26-3/h5-6,9,12,15-16H,4,7-8,10-11H2,1-3H3,(H,23,25)/b18-5-,24-22-/t15-,16-. The van der Waals surface area contributed by atoms with Gasteiger partial charge < -0.3 is 14.8 Å². The Kier molecular flexibility index (Phi) is 7.80. The van der Waals surface area contributed by atoms with Gasteiger partial charge in [-0.1, -0.05) is 13.0 Å². The average molecular weight is 370 g/mol. The molecule has 1 N–H and O–H groups in total. The molecule has 0 radical (unpaired) electrons. The number of rotatable bonds is 7. The van der Waals surface area contributed by atoms with Crippen molar-refractivity contribution in [2.75, 3.05) is 14.2 Å². The van der Waals surface area contributed by atoms with Gasteiger partial charge >= 0.3 is 0 Å². The molecule has 1 aromatic carbocycles. The van der Waals surface area contributed by atoms with Crippen LogP contribution in [-0.2, 0) is 4.79 Å². The van der Waals surface area contributed by atoms with Crippen molar-refractivity contribution in [3.8, 4) is 17.6 Å². The van der Waals surface area contributed by atoms with E-state index in [1.165, 1.54) is 7.11 Å². The van der Waals surface area contributed by atoms with E-state index in [4.69, 9.17) is 14.7 Å². The summed E-state index contributed by atoms with van der Waals surface area (Å²) < 4.78 is 11.2. The molecule has 2 rings (SSSR count). The van der Waals surface area contributed by atoms with Crippen LogP contribution in [0.15, 0.2) is 40.2 Å². The minimum atomic E-state index is -0.177. The highest BCUT2D eigenvalue weighted by Gasteiger charge is 2.24. The second-order valence-electron chi connectivity index (χ2n) is 6.34. The van der Waals surface area contributed by atoms with Gasteiger partial charge in [0.25, 0.3) is 5.91 Å². The third-order valence-corrected chi connectivity index (χ3v) is 4.44. The first-order chi connectivity index (χ1) is 13.1. The summed E-state index contributed by atoms with van der Waals surface area (Å²) in [4.78, 5) is 12.3. The van der Waals surface area contributed by atoms with E-state index in [-0.39, 0.29) is 18.1 Å². The predicted octanol–water partition coefficient (Wildman–Crippen LogP) is 3.75. The number of amides is 1. The highest BCUT2D eigenvalue weighted by Crippen LogP contribution is 2.28. The summed E-state index contributed by atoms with van der Waals surface area (Å²) in [6.07, 6.45) is 5.95. The van der Waals surface area contributed by atoms with Crippen molar-refractivity contribution in [3.05, 3.63) is 35.5 Å². The van der Waals surface area contributed by atoms with E-state index in [2.05, 4.69) is 21.6 Å². The summed E-state index contributed by atoms with van der Waals surface area (Å²) in [6.45, 7) is 1.96. The number of hydrogen-bond acceptors (Lipinski definition) is 6. The molecule has 0 saturated heterocycles. The van der Waals surface area contributed by atoms with Gasteiger partial charge in [0.2, 0.25) is 0 Å². The zero-order valence-corrected chi connectivity index (χ0v) is 16.1. The summed E-state index contributed by atoms with van der Waals surface area (Å²) in [7, 11) is 3.09. The lowest BCUT2D eigenvalue weighted by Crippen LogP contribution is -2.40. The first kappa shape index (κ1) is 20.4. The number of nitriles is 1. The maximum atomic E-state index is 12.3. The average Bonchev–Trinajstić information content (AvgIpc) is 2.69. The first-order valence-corrected chi connectivity index (χ1v) is 9.16. The van der Waals surface area contributed by atoms with Gasteiger partial charge in [-0.15, -0.1) is 0 Å². The maximum Gasteiger partial charge on any atom is 0.271 e. The van der Waals surface area contributed by atoms with Crippen molar-refractivity contribution in [2.24, 2.45) is 10.2 Å². The van der Waals surface area contributed by atoms with Crippen LogP contribution in [0.3, 0.4) is 0 Å². The van der Waals surface area contributed by atoms with E-state index in [9.17, 15) is 4.79 Å². The van der Waals surface area contributed by atoms with Gasteiger partial charge in [-0.2, -0.15) is 15.5 Å². The Bertz CT molecular complexity index is 744. The lowest BCUT2D eigenvalue weighted by atomic mass is 9.92. The van der Waals surface area contributed by atoms with Crippen LogP contribution >= 0.6 is 0 Å². The second kappa shape index (κ2) is 10.3. The molecule has 7 heteroatoms. The molecule has 0 aromatic heterocycles. The van der Waals surface area contributed by atoms with E-state index in [1.54, 1.807) is 31.3 Å². The third-order valence-electron chi connectivity index (χ3n) is 4.44. The molecule has 1 amide bonds. The van der Waals surface area contributed by atoms with Crippen LogP contribution in [-0.4, -0.2) is 32.2 Å². The van der Waals surface area contributed by atoms with Crippen molar-refractivity contribution < 1.29 is 14.3 Å². The van der Waals surface area contributed by atoms with Gasteiger partial charge in [-0.05, 0) is 44.2 Å². The molecule has 0 heterocycles. The van der Waals surface area contributed by atoms with Gasteiger partial charge in [-0.25, -0.2) is 0 Å². The normalized spacial score (nSPS) is 20.1. The number of allylic oxidation sites excluding steroid dienone is 1. The highest BCUT2D eigenvalue weighted by atomic mass is 16.5. The Morgan fingerprint density at radius 3 is 2.70 bits per heavy atom. The third kappa shape index (κ3) is 5.81. The van der Waals surface area contributed by atoms with Crippen LogP contribution in [0.2, 0.25) is 0 Å². The summed E-state index contributed by atoms with van der Waals surface area (Å²) in [5.74, 6) is 1.02. The number of nitrogens with zero attached hydrogens (tertiary/aromatic N) is 3. The largest absolute Gasteiger partial charge is 0.495 e. The molecule has 0 aliphatic heterocycles. The molecule has 1 fully saturated rings. The summed E-state index contributed by atoms with van der Waals surface area (Å²) >= 11 is 0. The number of methoxy groups -OCH3 is 1. The maximum absolute atomic E-state index is 12.3. The molecule has 1 aliphatic carbocycles. The van der Waals surface area contributed by atoms with Gasteiger partial charge in [0.15, 0.2) is 0 Å². The number of benzene rings is 1. The number of ether oxygens (including phenoxy) is 2. The lowest BCUT2D eigenvalue weighted by molar-refractivity contribution is -0.118. The minimum absolute atomic E-state index is 0.0803. The van der Waals surface area contributed by atoms with Crippen molar-refractivity contribution in [2.45, 2.75) is 51.2 Å². The molecule has 0 bridgehead atoms. The molecule has 1 aromatic rings. The Hall–Kier alpha value is -2.88. The Morgan fingerprint density at radius 2 is 2.11 bits per heavy atom. The number of carbonyl (C=O) groups excluding carboxylic acids is 1. The molecule has 0 atom stereocenters. The van der Waals surface area contributed by atoms with Crippen LogP contribution in [0, 0.1) is 11.3 Å². The second-order valence-corrected chi connectivity index (χ2v) is 6.34. The number of azo groups is 1. The van der Waals surface area contributed by atoms with E-state index in [0.717, 1.165) is 32.1 Å². The minimum Gasteiger partial charge on any atom is -0.495 e. The Balaban J connectivity index is 1.88. The first-order valence-electron chi connectivity index (χ1n) is 9.16. The van der Waals surface area contributed by atoms with Crippen LogP contribution in [0.4, 0.5) is 0 Å². The van der Waals surface area contributed by atoms with E-state index in [0.29, 0.717) is 22.8 Å². The smallest absolute Gasteiger partial charge is 0.271 e. The number of nitrogens with one attached hydrogen (secondary N) is 1. The van der Waals surface area contributed by atoms with Crippen LogP contribution in [0.1, 0.15) is 44.6 Å². The topological polar surface area (TPSA) is 96.1 Å². The van der Waals surface area contributed by atoms with Gasteiger partial charge in [0, 0.05) is 19.2 Å². The summed E-state index contributed by atoms with van der Waals surface area (Å²) in [5, 5.41) is 19.7. The predicted molar refractivity (Wildman–Crippen MR) is 102 cm³/mol. The molecular formula is C20H26N4O3. The molecule has 7 nitrogen and oxygen atoms in total. The van der Waals surface area contributed by atoms with E-state index >= 15 is 0 Å². The van der Waals surface area contributed by atoms with Crippen LogP contribution < -0.4 is 14.8 Å². The molecule has 144 valence electrons. The fraction of sp³-hybridized carbons (Fsp3) is 0.500. The Labute approximate surface area is 160 Å². The van der Waals surface area contributed by atoms with Gasteiger partial charge in [0.1, 0.15) is 23.3 Å². The fourth-order valence-electron chi connectivity index (χ4n) is 3.09. The summed E-state index contributed by atoms with van der Waals surface area (Å²) in [5.41, 5.74) is 0.847. The van der Waals surface area contributed by atoms with E-state index < -0.39 is 0 Å². The van der Waals surface area contributed by atoms with Crippen molar-refractivity contribution in [3.63, 3.8) is 0 Å². The lowest BCUT2D eigenvalue weighted by Gasteiger charge is -2.29. The molecular weight excluding hydrogens is 344 g/mol. The van der Waals surface area contributed by atoms with Crippen LogP contribution in [0.5, 0.6) is 11.5 Å². The zero-order valence-electron chi connectivity index (χ0n) is 16.1. The molecule has 0 spiro atoms. The van der Waals surface area contributed by atoms with Crippen molar-refractivity contribution >= 4 is 5.91 Å². The zero-order chi connectivity index (χ0) is 19.6. The Morgan fingerprint density at radius 1 is 1.37 bits per heavy atom. The highest BCUT2D eigenvalue weighted by molar-refractivity contribution is 5.93. The fourth-order valence-corrected chi connectivity index (χ4v) is 3.09. The van der Waals surface area contributed by atoms with Crippen LogP contribution in [0.25, 0.3) is 0 Å². The number of hydrogen-bond donors (Lipinski definition) is 1. The molecule has 1 aliphatic rings. The van der Waals surface area contributed by atoms with Gasteiger partial charge in [-0.3, -0.25) is 4.79 Å². The quantitative estimate of drug-likeness (QED) is 0.584.